The number of esters is 1. The number of nitrogens with one attached hydrogen (secondary N) is 1. The van der Waals surface area contributed by atoms with Gasteiger partial charge in [-0.2, -0.15) is 0 Å². The molecule has 1 saturated heterocycles. The summed E-state index contributed by atoms with van der Waals surface area (Å²) in [5.41, 5.74) is 5.63. The summed E-state index contributed by atoms with van der Waals surface area (Å²) in [5.74, 6) is -0.980. The molecule has 1 unspecified atom stereocenters. The average Bonchev–Trinajstić information content (AvgIpc) is 3.09. The molecule has 9 heteroatoms. The van der Waals surface area contributed by atoms with Crippen LogP contribution in [0.15, 0.2) is 24.3 Å². The van der Waals surface area contributed by atoms with E-state index in [1.807, 2.05) is 0 Å². The Morgan fingerprint density at radius 1 is 1.37 bits per heavy atom. The molecule has 9 nitrogen and oxygen atoms in total. The molecular formula is C18H25N3O6. The Morgan fingerprint density at radius 2 is 2.07 bits per heavy atom. The maximum atomic E-state index is 12.6. The third-order valence-corrected chi connectivity index (χ3v) is 4.23. The number of para-hydroxylation sites is 1. The summed E-state index contributed by atoms with van der Waals surface area (Å²) < 4.78 is 10.7. The van der Waals surface area contributed by atoms with Gasteiger partial charge in [0.1, 0.15) is 6.10 Å². The second-order valence-electron chi connectivity index (χ2n) is 6.68. The molecule has 3 atom stereocenters. The number of ether oxygens (including phenoxy) is 2. The number of rotatable bonds is 8. The molecule has 148 valence electrons. The van der Waals surface area contributed by atoms with Crippen LogP contribution in [0.3, 0.4) is 0 Å². The zero-order valence-electron chi connectivity index (χ0n) is 15.4. The molecule has 1 fully saturated rings. The van der Waals surface area contributed by atoms with Crippen LogP contribution in [-0.2, 0) is 19.1 Å². The second kappa shape index (κ2) is 9.43. The minimum atomic E-state index is -0.897. The topological polar surface area (TPSA) is 134 Å². The lowest BCUT2D eigenvalue weighted by molar-refractivity contribution is -0.385. The van der Waals surface area contributed by atoms with Crippen molar-refractivity contribution in [1.82, 2.24) is 5.32 Å². The highest BCUT2D eigenvalue weighted by molar-refractivity contribution is 5.82. The lowest BCUT2D eigenvalue weighted by Crippen LogP contribution is -2.39. The van der Waals surface area contributed by atoms with Crippen molar-refractivity contribution in [2.24, 2.45) is 5.73 Å². The van der Waals surface area contributed by atoms with Gasteiger partial charge in [-0.15, -0.1) is 0 Å². The van der Waals surface area contributed by atoms with E-state index in [2.05, 4.69) is 5.32 Å². The minimum absolute atomic E-state index is 0.174. The number of nitrogens with two attached hydrogens (primary N) is 1. The first-order chi connectivity index (χ1) is 12.8. The van der Waals surface area contributed by atoms with E-state index in [9.17, 15) is 19.7 Å². The summed E-state index contributed by atoms with van der Waals surface area (Å²) in [5, 5.41) is 14.1. The van der Waals surface area contributed by atoms with Gasteiger partial charge in [0.05, 0.1) is 35.2 Å². The standard InChI is InChI=1S/C18H25N3O6/c1-11(2)26-17(22)9-14(13-5-3-4-6-15(13)21(24)25)20-18(23)16-8-7-12(10-19)27-16/h3-6,11-12,14,16H,7-10,19H2,1-2H3,(H,20,23)/t12-,14?,16+/m1/s1. The molecular weight excluding hydrogens is 354 g/mol. The fourth-order valence-electron chi connectivity index (χ4n) is 3.00. The molecule has 1 aromatic carbocycles. The fourth-order valence-corrected chi connectivity index (χ4v) is 3.00. The summed E-state index contributed by atoms with van der Waals surface area (Å²) in [6, 6.07) is 5.10. The van der Waals surface area contributed by atoms with Gasteiger partial charge in [-0.1, -0.05) is 18.2 Å². The van der Waals surface area contributed by atoms with Crippen molar-refractivity contribution >= 4 is 17.6 Å². The Bertz CT molecular complexity index is 693. The van der Waals surface area contributed by atoms with Crippen LogP contribution in [0.25, 0.3) is 0 Å². The Morgan fingerprint density at radius 3 is 2.67 bits per heavy atom. The minimum Gasteiger partial charge on any atom is -0.463 e. The summed E-state index contributed by atoms with van der Waals surface area (Å²) in [6.07, 6.45) is -0.250. The van der Waals surface area contributed by atoms with Gasteiger partial charge in [0.2, 0.25) is 5.91 Å². The number of amides is 1. The number of hydrogen-bond acceptors (Lipinski definition) is 7. The van der Waals surface area contributed by atoms with E-state index in [4.69, 9.17) is 15.2 Å². The molecule has 0 bridgehead atoms. The molecule has 3 N–H and O–H groups in total. The molecule has 0 aromatic heterocycles. The molecule has 0 aliphatic carbocycles. The molecule has 2 rings (SSSR count). The first-order valence-corrected chi connectivity index (χ1v) is 8.90. The molecule has 1 aromatic rings. The van der Waals surface area contributed by atoms with Gasteiger partial charge in [0.25, 0.3) is 5.69 Å². The van der Waals surface area contributed by atoms with Gasteiger partial charge in [0.15, 0.2) is 0 Å². The first-order valence-electron chi connectivity index (χ1n) is 8.90. The molecule has 1 aliphatic rings. The van der Waals surface area contributed by atoms with Gasteiger partial charge in [-0.3, -0.25) is 19.7 Å². The molecule has 0 radical (unpaired) electrons. The van der Waals surface area contributed by atoms with Crippen LogP contribution in [0.2, 0.25) is 0 Å². The highest BCUT2D eigenvalue weighted by atomic mass is 16.6. The van der Waals surface area contributed by atoms with Crippen molar-refractivity contribution in [2.45, 2.75) is 57.5 Å². The van der Waals surface area contributed by atoms with Crippen molar-refractivity contribution in [3.8, 4) is 0 Å². The number of benzene rings is 1. The Labute approximate surface area is 157 Å². The van der Waals surface area contributed by atoms with Crippen molar-refractivity contribution in [3.05, 3.63) is 39.9 Å². The van der Waals surface area contributed by atoms with Crippen LogP contribution in [0, 0.1) is 10.1 Å². The predicted molar refractivity (Wildman–Crippen MR) is 96.8 cm³/mol. The second-order valence-corrected chi connectivity index (χ2v) is 6.68. The van der Waals surface area contributed by atoms with Gasteiger partial charge in [0, 0.05) is 12.6 Å². The molecule has 27 heavy (non-hydrogen) atoms. The molecule has 1 amide bonds. The van der Waals surface area contributed by atoms with E-state index >= 15 is 0 Å². The predicted octanol–water partition coefficient (Wildman–Crippen LogP) is 1.60. The van der Waals surface area contributed by atoms with Crippen LogP contribution < -0.4 is 11.1 Å². The Hall–Kier alpha value is -2.52. The quantitative estimate of drug-likeness (QED) is 0.398. The number of nitro benzene ring substituents is 1. The third kappa shape index (κ3) is 5.73. The molecule has 0 saturated carbocycles. The summed E-state index contributed by atoms with van der Waals surface area (Å²) in [7, 11) is 0. The Balaban J connectivity index is 2.21. The smallest absolute Gasteiger partial charge is 0.308 e. The van der Waals surface area contributed by atoms with Gasteiger partial charge in [-0.25, -0.2) is 0 Å². The average molecular weight is 379 g/mol. The fraction of sp³-hybridized carbons (Fsp3) is 0.556. The van der Waals surface area contributed by atoms with Crippen molar-refractivity contribution < 1.29 is 24.0 Å². The summed E-state index contributed by atoms with van der Waals surface area (Å²) in [6.45, 7) is 3.73. The molecule has 1 aliphatic heterocycles. The summed E-state index contributed by atoms with van der Waals surface area (Å²) in [4.78, 5) is 35.5. The van der Waals surface area contributed by atoms with Gasteiger partial charge in [-0.05, 0) is 26.7 Å². The number of carbonyl (C=O) groups is 2. The van der Waals surface area contributed by atoms with Crippen LogP contribution >= 0.6 is 0 Å². The Kier molecular flexibility index (Phi) is 7.26. The molecule has 1 heterocycles. The van der Waals surface area contributed by atoms with E-state index in [1.54, 1.807) is 19.9 Å². The zero-order valence-corrected chi connectivity index (χ0v) is 15.4. The van der Waals surface area contributed by atoms with E-state index < -0.39 is 28.9 Å². The largest absolute Gasteiger partial charge is 0.463 e. The number of hydrogen-bond donors (Lipinski definition) is 2. The normalized spacial score (nSPS) is 20.3. The van der Waals surface area contributed by atoms with Gasteiger partial charge < -0.3 is 20.5 Å². The van der Waals surface area contributed by atoms with E-state index in [-0.39, 0.29) is 29.9 Å². The van der Waals surface area contributed by atoms with Crippen molar-refractivity contribution in [2.75, 3.05) is 6.54 Å². The van der Waals surface area contributed by atoms with Crippen LogP contribution in [0.1, 0.15) is 44.7 Å². The molecule has 0 spiro atoms. The lowest BCUT2D eigenvalue weighted by Gasteiger charge is -2.21. The highest BCUT2D eigenvalue weighted by Gasteiger charge is 2.33. The summed E-state index contributed by atoms with van der Waals surface area (Å²) >= 11 is 0. The van der Waals surface area contributed by atoms with E-state index in [0.29, 0.717) is 19.4 Å². The van der Waals surface area contributed by atoms with Crippen molar-refractivity contribution in [1.29, 1.82) is 0 Å². The SMILES string of the molecule is CC(C)OC(=O)CC(NC(=O)[C@@H]1CC[C@H](CN)O1)c1ccccc1[N+](=O)[O-]. The monoisotopic (exact) mass is 379 g/mol. The first kappa shape index (κ1) is 20.8. The van der Waals surface area contributed by atoms with Crippen LogP contribution in [0.5, 0.6) is 0 Å². The highest BCUT2D eigenvalue weighted by Crippen LogP contribution is 2.28. The number of carbonyl (C=O) groups excluding carboxylic acids is 2. The maximum Gasteiger partial charge on any atom is 0.308 e. The maximum absolute atomic E-state index is 12.6. The number of nitro groups is 1. The van der Waals surface area contributed by atoms with Crippen LogP contribution in [-0.4, -0.2) is 41.7 Å². The van der Waals surface area contributed by atoms with E-state index in [0.717, 1.165) is 0 Å². The third-order valence-electron chi connectivity index (χ3n) is 4.23. The van der Waals surface area contributed by atoms with Gasteiger partial charge >= 0.3 is 5.97 Å². The van der Waals surface area contributed by atoms with Crippen molar-refractivity contribution in [3.63, 3.8) is 0 Å². The lowest BCUT2D eigenvalue weighted by atomic mass is 10.0. The van der Waals surface area contributed by atoms with Crippen LogP contribution in [0.4, 0.5) is 5.69 Å². The zero-order chi connectivity index (χ0) is 20.0. The number of nitrogens with zero attached hydrogens (tertiary/aromatic N) is 1. The van der Waals surface area contributed by atoms with E-state index in [1.165, 1.54) is 18.2 Å².